The van der Waals surface area contributed by atoms with Crippen molar-refractivity contribution in [1.29, 1.82) is 0 Å². The minimum atomic E-state index is 0.187. The Morgan fingerprint density at radius 3 is 2.33 bits per heavy atom. The summed E-state index contributed by atoms with van der Waals surface area (Å²) in [5.74, 6) is 0. The summed E-state index contributed by atoms with van der Waals surface area (Å²) in [5, 5.41) is 0.699. The summed E-state index contributed by atoms with van der Waals surface area (Å²) in [7, 11) is 0. The van der Waals surface area contributed by atoms with Crippen LogP contribution in [-0.2, 0) is 16.1 Å². The molecule has 0 saturated heterocycles. The van der Waals surface area contributed by atoms with Gasteiger partial charge >= 0.3 is 0 Å². The lowest BCUT2D eigenvalue weighted by atomic mass is 10.2. The van der Waals surface area contributed by atoms with Gasteiger partial charge in [0.25, 0.3) is 0 Å². The second-order valence-corrected chi connectivity index (χ2v) is 5.67. The zero-order chi connectivity index (χ0) is 14.7. The molecule has 0 bridgehead atoms. The van der Waals surface area contributed by atoms with E-state index in [1.165, 1.54) is 11.8 Å². The number of anilines is 1. The van der Waals surface area contributed by atoms with Crippen LogP contribution in [0.15, 0.2) is 70.1 Å². The van der Waals surface area contributed by atoms with Crippen molar-refractivity contribution in [2.45, 2.75) is 11.4 Å². The lowest BCUT2D eigenvalue weighted by Gasteiger charge is -2.21. The van der Waals surface area contributed by atoms with Crippen molar-refractivity contribution in [3.63, 3.8) is 0 Å². The first-order valence-corrected chi connectivity index (χ1v) is 7.38. The number of para-hydroxylation sites is 1. The van der Waals surface area contributed by atoms with Gasteiger partial charge in [-0.2, -0.15) is 0 Å². The van der Waals surface area contributed by atoms with E-state index in [1.807, 2.05) is 59.5 Å². The smallest absolute Gasteiger partial charge is 0.156 e. The number of fused-ring (bicyclic) bond motifs is 1. The second kappa shape index (κ2) is 5.97. The fourth-order valence-corrected chi connectivity index (χ4v) is 3.43. The van der Waals surface area contributed by atoms with E-state index in [0.717, 1.165) is 16.1 Å². The highest BCUT2D eigenvalue weighted by Crippen LogP contribution is 2.47. The maximum atomic E-state index is 11.1. The summed E-state index contributed by atoms with van der Waals surface area (Å²) in [6.07, 6.45) is 1.25. The number of benzene rings is 2. The molecule has 21 heavy (non-hydrogen) atoms. The monoisotopic (exact) mass is 295 g/mol. The summed E-state index contributed by atoms with van der Waals surface area (Å²) >= 11 is 1.46. The lowest BCUT2D eigenvalue weighted by Crippen LogP contribution is -2.19. The van der Waals surface area contributed by atoms with E-state index >= 15 is 0 Å². The highest BCUT2D eigenvalue weighted by atomic mass is 32.2. The van der Waals surface area contributed by atoms with Gasteiger partial charge in [-0.05, 0) is 17.7 Å². The topological polar surface area (TPSA) is 37.4 Å². The predicted octanol–water partition coefficient (Wildman–Crippen LogP) is 3.41. The maximum absolute atomic E-state index is 11.1. The van der Waals surface area contributed by atoms with Gasteiger partial charge in [0.1, 0.15) is 0 Å². The Hall–Kier alpha value is -2.33. The average Bonchev–Trinajstić information content (AvgIpc) is 2.89. The van der Waals surface area contributed by atoms with E-state index in [9.17, 15) is 9.59 Å². The van der Waals surface area contributed by atoms with Gasteiger partial charge in [0, 0.05) is 11.4 Å². The minimum Gasteiger partial charge on any atom is -0.330 e. The van der Waals surface area contributed by atoms with Crippen molar-refractivity contribution in [2.75, 3.05) is 4.90 Å². The fraction of sp³-hybridized carbons (Fsp3) is 0.0588. The van der Waals surface area contributed by atoms with Crippen LogP contribution in [-0.4, -0.2) is 12.6 Å². The lowest BCUT2D eigenvalue weighted by molar-refractivity contribution is -0.109. The Bertz CT molecular complexity index is 700. The summed E-state index contributed by atoms with van der Waals surface area (Å²) in [6, 6.07) is 17.9. The van der Waals surface area contributed by atoms with Crippen LogP contribution in [0.2, 0.25) is 0 Å². The molecule has 0 aliphatic carbocycles. The normalized spacial score (nSPS) is 13.0. The number of rotatable bonds is 4. The molecule has 0 radical (unpaired) electrons. The van der Waals surface area contributed by atoms with E-state index in [4.69, 9.17) is 0 Å². The quantitative estimate of drug-likeness (QED) is 0.375. The average molecular weight is 295 g/mol. The Kier molecular flexibility index (Phi) is 3.88. The highest BCUT2D eigenvalue weighted by molar-refractivity contribution is 8.03. The number of hydrogen-bond acceptors (Lipinski definition) is 4. The zero-order valence-corrected chi connectivity index (χ0v) is 12.0. The van der Waals surface area contributed by atoms with Crippen LogP contribution in [0.25, 0.3) is 0 Å². The third-order valence-corrected chi connectivity index (χ3v) is 4.51. The molecule has 0 amide bonds. The van der Waals surface area contributed by atoms with Gasteiger partial charge in [-0.25, -0.2) is 0 Å². The highest BCUT2D eigenvalue weighted by Gasteiger charge is 2.27. The Morgan fingerprint density at radius 2 is 1.62 bits per heavy atom. The van der Waals surface area contributed by atoms with E-state index in [1.54, 1.807) is 0 Å². The number of hydrogen-bond donors (Lipinski definition) is 0. The molecule has 0 N–H and O–H groups in total. The molecule has 1 aliphatic rings. The van der Waals surface area contributed by atoms with E-state index < -0.39 is 0 Å². The maximum Gasteiger partial charge on any atom is 0.156 e. The minimum absolute atomic E-state index is 0.187. The third kappa shape index (κ3) is 2.62. The van der Waals surface area contributed by atoms with Crippen LogP contribution >= 0.6 is 11.8 Å². The van der Waals surface area contributed by atoms with Gasteiger partial charge in [-0.3, -0.25) is 9.59 Å². The van der Waals surface area contributed by atoms with Crippen LogP contribution < -0.4 is 4.90 Å². The van der Waals surface area contributed by atoms with E-state index in [0.29, 0.717) is 24.1 Å². The fourth-order valence-electron chi connectivity index (χ4n) is 2.30. The number of carbonyl (C=O) groups is 2. The van der Waals surface area contributed by atoms with Gasteiger partial charge in [0.15, 0.2) is 12.6 Å². The van der Waals surface area contributed by atoms with Crippen molar-refractivity contribution >= 4 is 30.0 Å². The standard InChI is InChI=1S/C17H13NO2S/c19-11-14(12-20)17-18(10-13-6-2-1-3-7-13)15-8-4-5-9-16(15)21-17/h1-9,11-12H,10H2. The number of aldehydes is 2. The van der Waals surface area contributed by atoms with Gasteiger partial charge < -0.3 is 4.90 Å². The molecule has 0 aromatic heterocycles. The van der Waals surface area contributed by atoms with Gasteiger partial charge in [-0.1, -0.05) is 54.2 Å². The summed E-state index contributed by atoms with van der Waals surface area (Å²) in [4.78, 5) is 25.4. The number of thioether (sulfide) groups is 1. The number of allylic oxidation sites excluding steroid dienone is 1. The van der Waals surface area contributed by atoms with Crippen LogP contribution in [0.1, 0.15) is 5.56 Å². The largest absolute Gasteiger partial charge is 0.330 e. The number of nitrogens with zero attached hydrogens (tertiary/aromatic N) is 1. The molecule has 3 nitrogen and oxygen atoms in total. The van der Waals surface area contributed by atoms with Gasteiger partial charge in [0.2, 0.25) is 0 Å². The van der Waals surface area contributed by atoms with Gasteiger partial charge in [-0.15, -0.1) is 0 Å². The van der Waals surface area contributed by atoms with Crippen molar-refractivity contribution in [3.8, 4) is 0 Å². The Morgan fingerprint density at radius 1 is 0.952 bits per heavy atom. The Balaban J connectivity index is 2.05. The van der Waals surface area contributed by atoms with Crippen molar-refractivity contribution in [2.24, 2.45) is 0 Å². The van der Waals surface area contributed by atoms with E-state index in [2.05, 4.69) is 0 Å². The van der Waals surface area contributed by atoms with Crippen LogP contribution in [0.3, 0.4) is 0 Å². The number of carbonyl (C=O) groups excluding carboxylic acids is 2. The zero-order valence-electron chi connectivity index (χ0n) is 11.2. The molecule has 0 atom stereocenters. The molecule has 2 aromatic rings. The molecule has 104 valence electrons. The Labute approximate surface area is 127 Å². The van der Waals surface area contributed by atoms with E-state index in [-0.39, 0.29) is 5.57 Å². The molecule has 4 heteroatoms. The second-order valence-electron chi connectivity index (χ2n) is 4.64. The molecule has 0 spiro atoms. The molecule has 3 rings (SSSR count). The third-order valence-electron chi connectivity index (χ3n) is 3.29. The first kappa shape index (κ1) is 13.6. The molecular formula is C17H13NO2S. The molecule has 0 saturated carbocycles. The SMILES string of the molecule is O=CC(C=O)=C1Sc2ccccc2N1Cc1ccccc1. The predicted molar refractivity (Wildman–Crippen MR) is 84.1 cm³/mol. The summed E-state index contributed by atoms with van der Waals surface area (Å²) < 4.78 is 0. The first-order valence-electron chi connectivity index (χ1n) is 6.56. The molecule has 0 fully saturated rings. The summed E-state index contributed by atoms with van der Waals surface area (Å²) in [6.45, 7) is 0.630. The van der Waals surface area contributed by atoms with Crippen molar-refractivity contribution < 1.29 is 9.59 Å². The first-order chi connectivity index (χ1) is 10.3. The molecule has 1 heterocycles. The molecule has 1 aliphatic heterocycles. The van der Waals surface area contributed by atoms with Crippen molar-refractivity contribution in [1.82, 2.24) is 0 Å². The molecular weight excluding hydrogens is 282 g/mol. The van der Waals surface area contributed by atoms with Crippen LogP contribution in [0, 0.1) is 0 Å². The summed E-state index contributed by atoms with van der Waals surface area (Å²) in [5.41, 5.74) is 2.35. The molecule has 2 aromatic carbocycles. The van der Waals surface area contributed by atoms with Crippen LogP contribution in [0.4, 0.5) is 5.69 Å². The van der Waals surface area contributed by atoms with Gasteiger partial charge in [0.05, 0.1) is 16.3 Å². The van der Waals surface area contributed by atoms with Crippen LogP contribution in [0.5, 0.6) is 0 Å². The molecule has 0 unspecified atom stereocenters. The van der Waals surface area contributed by atoms with Crippen molar-refractivity contribution in [3.05, 3.63) is 70.8 Å².